The third kappa shape index (κ3) is 6.68. The van der Waals surface area contributed by atoms with Crippen LogP contribution < -0.4 is 0 Å². The van der Waals surface area contributed by atoms with Gasteiger partial charge in [-0.3, -0.25) is 0 Å². The maximum Gasteiger partial charge on any atom is 0.101 e. The molecule has 0 amide bonds. The minimum Gasteiger partial charge on any atom is -0.354 e. The molecule has 6 nitrogen and oxygen atoms in total. The van der Waals surface area contributed by atoms with E-state index in [1.165, 1.54) is 27.8 Å². The van der Waals surface area contributed by atoms with Gasteiger partial charge in [-0.25, -0.2) is 9.97 Å². The molecule has 3 aromatic heterocycles. The number of nitrogens with zero attached hydrogens (tertiary/aromatic N) is 4. The molecule has 2 N–H and O–H groups in total. The summed E-state index contributed by atoms with van der Waals surface area (Å²) in [6, 6.07) is 31.9. The van der Waals surface area contributed by atoms with E-state index in [1.807, 2.05) is 6.07 Å². The molecule has 5 heterocycles. The van der Waals surface area contributed by atoms with E-state index in [0.29, 0.717) is 11.1 Å². The summed E-state index contributed by atoms with van der Waals surface area (Å²) in [5.41, 5.74) is 26.3. The van der Waals surface area contributed by atoms with Gasteiger partial charge in [-0.1, -0.05) is 59.2 Å². The zero-order valence-electron chi connectivity index (χ0n) is 36.1. The van der Waals surface area contributed by atoms with Gasteiger partial charge in [0, 0.05) is 44.3 Å². The number of hydrogen-bond donors (Lipinski definition) is 2. The highest BCUT2D eigenvalue weighted by Crippen LogP contribution is 2.42. The molecule has 0 aliphatic carbocycles. The van der Waals surface area contributed by atoms with E-state index in [9.17, 15) is 10.5 Å². The predicted molar refractivity (Wildman–Crippen MR) is 253 cm³/mol. The first-order chi connectivity index (χ1) is 29.3. The van der Waals surface area contributed by atoms with Gasteiger partial charge in [0.15, 0.2) is 0 Å². The van der Waals surface area contributed by atoms with Crippen molar-refractivity contribution in [1.82, 2.24) is 19.9 Å². The molecule has 9 rings (SSSR count). The minimum atomic E-state index is 0.313. The van der Waals surface area contributed by atoms with E-state index in [1.54, 1.807) is 12.1 Å². The summed E-state index contributed by atoms with van der Waals surface area (Å²) in [7, 11) is 0. The number of H-pyrrole nitrogens is 2. The molecular weight excluding hydrogens is 745 g/mol. The molecule has 4 aromatic carbocycles. The second-order valence-electron chi connectivity index (χ2n) is 16.8. The molecular formula is C55H46N6. The molecule has 61 heavy (non-hydrogen) atoms. The summed E-state index contributed by atoms with van der Waals surface area (Å²) in [6.45, 7) is 19.5. The van der Waals surface area contributed by atoms with Crippen LogP contribution >= 0.6 is 0 Å². The predicted octanol–water partition coefficient (Wildman–Crippen LogP) is 13.8. The van der Waals surface area contributed by atoms with Crippen molar-refractivity contribution < 1.29 is 0 Å². The largest absolute Gasteiger partial charge is 0.354 e. The molecule has 296 valence electrons. The van der Waals surface area contributed by atoms with E-state index in [2.05, 4.69) is 169 Å². The Kier molecular flexibility index (Phi) is 9.53. The number of aromatic amines is 2. The van der Waals surface area contributed by atoms with Crippen LogP contribution in [0.25, 0.3) is 90.9 Å². The normalized spacial score (nSPS) is 11.9. The molecule has 6 heteroatoms. The quantitative estimate of drug-likeness (QED) is 0.185. The average Bonchev–Trinajstić information content (AvgIpc) is 4.05. The lowest BCUT2D eigenvalue weighted by atomic mass is 9.92. The average molecular weight is 791 g/mol. The van der Waals surface area contributed by atoms with Gasteiger partial charge in [0.2, 0.25) is 0 Å². The maximum absolute atomic E-state index is 10.2. The van der Waals surface area contributed by atoms with Gasteiger partial charge in [-0.2, -0.15) is 10.5 Å². The van der Waals surface area contributed by atoms with Gasteiger partial charge >= 0.3 is 0 Å². The third-order valence-electron chi connectivity index (χ3n) is 12.1. The van der Waals surface area contributed by atoms with E-state index >= 15 is 0 Å². The van der Waals surface area contributed by atoms with Crippen molar-refractivity contribution in [2.75, 3.05) is 0 Å². The van der Waals surface area contributed by atoms with Crippen LogP contribution in [-0.4, -0.2) is 19.9 Å². The Balaban J connectivity index is 1.53. The third-order valence-corrected chi connectivity index (χ3v) is 12.1. The van der Waals surface area contributed by atoms with Crippen LogP contribution in [0, 0.1) is 85.0 Å². The molecule has 0 saturated carbocycles. The topological polar surface area (TPSA) is 105 Å². The lowest BCUT2D eigenvalue weighted by molar-refractivity contribution is 1.27. The number of aromatic nitrogens is 4. The number of aryl methyl sites for hydroxylation is 9. The highest BCUT2D eigenvalue weighted by Gasteiger charge is 2.23. The standard InChI is InChI=1S/C55H46N6/c1-29-20-32(4)49(33(5)21-29)53-43-14-12-41(58-43)52(38-10-11-39(27-56)40(26-38)28-57)42-13-15-44(59-42)54(50-34(6)22-30(2)23-35(50)7)46-17-19-48(61-46)55(47-18-16-45(53)60-47)51-36(8)24-31(3)25-37(51)9/h10-26,58,61H,1-9H3. The number of rotatable bonds is 4. The summed E-state index contributed by atoms with van der Waals surface area (Å²) in [5.74, 6) is 0. The first-order valence-electron chi connectivity index (χ1n) is 20.7. The second kappa shape index (κ2) is 14.9. The zero-order chi connectivity index (χ0) is 42.9. The van der Waals surface area contributed by atoms with Crippen LogP contribution in [0.4, 0.5) is 0 Å². The van der Waals surface area contributed by atoms with Crippen molar-refractivity contribution in [2.24, 2.45) is 0 Å². The molecule has 8 bridgehead atoms. The van der Waals surface area contributed by atoms with E-state index in [0.717, 1.165) is 112 Å². The Labute approximate surface area is 357 Å². The molecule has 0 unspecified atom stereocenters. The Bertz CT molecular complexity index is 3240. The highest BCUT2D eigenvalue weighted by atomic mass is 14.8. The fourth-order valence-corrected chi connectivity index (χ4v) is 9.91. The summed E-state index contributed by atoms with van der Waals surface area (Å²) in [4.78, 5) is 18.8. The van der Waals surface area contributed by atoms with Gasteiger partial charge in [0.05, 0.1) is 33.9 Å². The van der Waals surface area contributed by atoms with Gasteiger partial charge in [-0.15, -0.1) is 0 Å². The Morgan fingerprint density at radius 2 is 0.672 bits per heavy atom. The fraction of sp³-hybridized carbons (Fsp3) is 0.164. The lowest BCUT2D eigenvalue weighted by Crippen LogP contribution is -1.96. The molecule has 0 fully saturated rings. The zero-order valence-corrected chi connectivity index (χ0v) is 36.1. The van der Waals surface area contributed by atoms with Gasteiger partial charge in [0.1, 0.15) is 12.1 Å². The van der Waals surface area contributed by atoms with Crippen molar-refractivity contribution in [1.29, 1.82) is 10.5 Å². The van der Waals surface area contributed by atoms with Crippen molar-refractivity contribution >= 4 is 46.4 Å². The number of fused-ring (bicyclic) bond motifs is 8. The van der Waals surface area contributed by atoms with Crippen LogP contribution in [-0.2, 0) is 0 Å². The molecule has 0 radical (unpaired) electrons. The summed E-state index contributed by atoms with van der Waals surface area (Å²) in [5, 5.41) is 20.0. The van der Waals surface area contributed by atoms with Gasteiger partial charge in [0.25, 0.3) is 0 Å². The van der Waals surface area contributed by atoms with Crippen LogP contribution in [0.5, 0.6) is 0 Å². The van der Waals surface area contributed by atoms with Crippen LogP contribution in [0.15, 0.2) is 78.9 Å². The Morgan fingerprint density at radius 3 is 1.00 bits per heavy atom. The van der Waals surface area contributed by atoms with Gasteiger partial charge in [-0.05, 0) is 179 Å². The lowest BCUT2D eigenvalue weighted by Gasteiger charge is -2.14. The smallest absolute Gasteiger partial charge is 0.101 e. The van der Waals surface area contributed by atoms with Crippen LogP contribution in [0.2, 0.25) is 0 Å². The molecule has 7 aromatic rings. The molecule has 0 atom stereocenters. The number of benzene rings is 4. The van der Waals surface area contributed by atoms with E-state index < -0.39 is 0 Å². The Hall–Kier alpha value is -7.54. The first-order valence-corrected chi connectivity index (χ1v) is 20.7. The molecule has 0 spiro atoms. The van der Waals surface area contributed by atoms with E-state index in [-0.39, 0.29) is 0 Å². The summed E-state index contributed by atoms with van der Waals surface area (Å²) < 4.78 is 0. The van der Waals surface area contributed by atoms with Crippen molar-refractivity contribution in [2.45, 2.75) is 62.3 Å². The van der Waals surface area contributed by atoms with Crippen LogP contribution in [0.3, 0.4) is 0 Å². The number of hydrogen-bond acceptors (Lipinski definition) is 4. The summed E-state index contributed by atoms with van der Waals surface area (Å²) >= 11 is 0. The van der Waals surface area contributed by atoms with E-state index in [4.69, 9.17) is 9.97 Å². The fourth-order valence-electron chi connectivity index (χ4n) is 9.91. The van der Waals surface area contributed by atoms with Crippen LogP contribution in [0.1, 0.15) is 84.0 Å². The monoisotopic (exact) mass is 790 g/mol. The number of nitrogens with one attached hydrogen (secondary N) is 2. The molecule has 0 saturated heterocycles. The first kappa shape index (κ1) is 38.9. The molecule has 2 aliphatic heterocycles. The second-order valence-corrected chi connectivity index (χ2v) is 16.8. The maximum atomic E-state index is 10.2. The van der Waals surface area contributed by atoms with Crippen molar-refractivity contribution in [3.05, 3.63) is 163 Å². The van der Waals surface area contributed by atoms with Crippen molar-refractivity contribution in [3.63, 3.8) is 0 Å². The van der Waals surface area contributed by atoms with Crippen molar-refractivity contribution in [3.8, 4) is 56.6 Å². The Morgan fingerprint density at radius 1 is 0.361 bits per heavy atom. The number of nitriles is 2. The SMILES string of the molecule is Cc1cc(C)c(-c2c3nc(c(-c4c(C)cc(C)cc4C)c4ccc([nH]4)c(-c4c(C)cc(C)cc4C)c4nc(c(-c5ccc(C#N)c(C#N)c5)c5ccc2[nH]5)C=C4)C=C3)c(C)c1. The van der Waals surface area contributed by atoms with Gasteiger partial charge < -0.3 is 9.97 Å². The highest BCUT2D eigenvalue weighted by molar-refractivity contribution is 6.01. The summed E-state index contributed by atoms with van der Waals surface area (Å²) in [6.07, 6.45) is 8.47. The molecule has 2 aliphatic rings. The minimum absolute atomic E-state index is 0.313.